The lowest BCUT2D eigenvalue weighted by atomic mass is 10.1. The molecule has 164 valence electrons. The number of halogens is 3. The number of amides is 1. The van der Waals surface area contributed by atoms with Gasteiger partial charge in [-0.05, 0) is 27.2 Å². The van der Waals surface area contributed by atoms with E-state index < -0.39 is 12.1 Å². The van der Waals surface area contributed by atoms with Gasteiger partial charge in [0.05, 0.1) is 11.9 Å². The monoisotopic (exact) mass is 429 g/mol. The molecule has 1 aliphatic rings. The first kappa shape index (κ1) is 23.1. The Kier molecular flexibility index (Phi) is 7.35. The zero-order valence-corrected chi connectivity index (χ0v) is 16.7. The Morgan fingerprint density at radius 2 is 1.87 bits per heavy atom. The largest absolute Gasteiger partial charge is 0.490 e. The number of aromatic nitrogens is 3. The first-order chi connectivity index (χ1) is 14.0. The van der Waals surface area contributed by atoms with Crippen molar-refractivity contribution in [3.05, 3.63) is 35.1 Å². The fourth-order valence-corrected chi connectivity index (χ4v) is 2.80. The van der Waals surface area contributed by atoms with E-state index in [4.69, 9.17) is 14.4 Å². The van der Waals surface area contributed by atoms with Gasteiger partial charge in [-0.25, -0.2) is 14.8 Å². The first-order valence-electron chi connectivity index (χ1n) is 9.12. The molecular weight excluding hydrogens is 407 g/mol. The number of fused-ring (bicyclic) bond motifs is 1. The number of carbonyl (C=O) groups is 2. The average molecular weight is 429 g/mol. The van der Waals surface area contributed by atoms with Gasteiger partial charge < -0.3 is 19.8 Å². The van der Waals surface area contributed by atoms with Crippen LogP contribution in [-0.4, -0.2) is 62.3 Å². The number of hydrogen-bond donors (Lipinski definition) is 2. The van der Waals surface area contributed by atoms with Crippen LogP contribution < -0.4 is 5.32 Å². The number of aryl methyl sites for hydroxylation is 1. The third-order valence-corrected chi connectivity index (χ3v) is 4.06. The van der Waals surface area contributed by atoms with Gasteiger partial charge >= 0.3 is 12.1 Å². The lowest BCUT2D eigenvalue weighted by Crippen LogP contribution is -2.33. The van der Waals surface area contributed by atoms with E-state index >= 15 is 0 Å². The number of aliphatic carboxylic acids is 1. The minimum Gasteiger partial charge on any atom is -0.475 e. The summed E-state index contributed by atoms with van der Waals surface area (Å²) in [5.41, 5.74) is 2.13. The van der Waals surface area contributed by atoms with E-state index in [1.807, 2.05) is 6.92 Å². The smallest absolute Gasteiger partial charge is 0.475 e. The van der Waals surface area contributed by atoms with E-state index in [0.29, 0.717) is 25.6 Å². The molecule has 1 amide bonds. The number of nitrogens with one attached hydrogen (secondary N) is 1. The van der Waals surface area contributed by atoms with Gasteiger partial charge in [-0.15, -0.1) is 0 Å². The zero-order valence-electron chi connectivity index (χ0n) is 16.7. The highest BCUT2D eigenvalue weighted by Gasteiger charge is 2.38. The van der Waals surface area contributed by atoms with Crippen LogP contribution in [0, 0.1) is 6.92 Å². The van der Waals surface area contributed by atoms with Crippen molar-refractivity contribution in [2.45, 2.75) is 45.8 Å². The van der Waals surface area contributed by atoms with Gasteiger partial charge in [-0.1, -0.05) is 5.16 Å². The molecule has 12 heteroatoms. The van der Waals surface area contributed by atoms with E-state index in [1.165, 1.54) is 6.20 Å². The van der Waals surface area contributed by atoms with Gasteiger partial charge in [0.25, 0.3) is 5.91 Å². The van der Waals surface area contributed by atoms with Crippen LogP contribution in [0.3, 0.4) is 0 Å². The van der Waals surface area contributed by atoms with Gasteiger partial charge in [0.2, 0.25) is 5.76 Å². The lowest BCUT2D eigenvalue weighted by molar-refractivity contribution is -0.192. The molecule has 9 nitrogen and oxygen atoms in total. The molecule has 0 unspecified atom stereocenters. The Morgan fingerprint density at radius 3 is 2.40 bits per heavy atom. The van der Waals surface area contributed by atoms with E-state index in [-0.39, 0.29) is 11.7 Å². The summed E-state index contributed by atoms with van der Waals surface area (Å²) in [6, 6.07) is 1.89. The Balaban J connectivity index is 0.000000396. The Morgan fingerprint density at radius 1 is 1.23 bits per heavy atom. The highest BCUT2D eigenvalue weighted by Crippen LogP contribution is 2.23. The molecule has 0 aromatic carbocycles. The summed E-state index contributed by atoms with van der Waals surface area (Å²) in [6.07, 6.45) is -2.16. The molecule has 30 heavy (non-hydrogen) atoms. The molecular formula is C18H22F3N5O4. The van der Waals surface area contributed by atoms with Gasteiger partial charge in [-0.2, -0.15) is 13.2 Å². The van der Waals surface area contributed by atoms with Gasteiger partial charge in [0.1, 0.15) is 11.6 Å². The molecule has 1 aliphatic heterocycles. The number of carboxylic acids is 1. The van der Waals surface area contributed by atoms with Crippen LogP contribution in [0.15, 0.2) is 16.8 Å². The van der Waals surface area contributed by atoms with Crippen LogP contribution in [-0.2, 0) is 17.6 Å². The molecule has 0 saturated heterocycles. The molecule has 0 radical (unpaired) electrons. The van der Waals surface area contributed by atoms with Crippen molar-refractivity contribution in [1.82, 2.24) is 20.0 Å². The molecule has 0 bridgehead atoms. The van der Waals surface area contributed by atoms with Crippen LogP contribution in [0.25, 0.3) is 0 Å². The highest BCUT2D eigenvalue weighted by atomic mass is 19.4. The van der Waals surface area contributed by atoms with Crippen LogP contribution in [0.1, 0.15) is 41.5 Å². The molecule has 3 heterocycles. The summed E-state index contributed by atoms with van der Waals surface area (Å²) in [4.78, 5) is 32.2. The second-order valence-corrected chi connectivity index (χ2v) is 6.82. The summed E-state index contributed by atoms with van der Waals surface area (Å²) in [5, 5.41) is 14.1. The Labute approximate surface area is 170 Å². The topological polar surface area (TPSA) is 121 Å². The number of anilines is 1. The molecule has 3 rings (SSSR count). The number of alkyl halides is 3. The van der Waals surface area contributed by atoms with E-state index in [2.05, 4.69) is 34.3 Å². The highest BCUT2D eigenvalue weighted by molar-refractivity contribution is 5.91. The molecule has 0 spiro atoms. The predicted octanol–water partition coefficient (Wildman–Crippen LogP) is 2.47. The minimum atomic E-state index is -5.08. The molecule has 0 saturated carbocycles. The number of carbonyl (C=O) groups excluding carboxylic acids is 1. The summed E-state index contributed by atoms with van der Waals surface area (Å²) in [5.74, 6) is -0.969. The maximum Gasteiger partial charge on any atom is 0.490 e. The fourth-order valence-electron chi connectivity index (χ4n) is 2.80. The van der Waals surface area contributed by atoms with E-state index in [1.54, 1.807) is 11.0 Å². The van der Waals surface area contributed by atoms with Gasteiger partial charge in [0.15, 0.2) is 0 Å². The summed E-state index contributed by atoms with van der Waals surface area (Å²) in [6.45, 7) is 7.30. The molecule has 2 aromatic heterocycles. The third-order valence-electron chi connectivity index (χ3n) is 4.06. The van der Waals surface area contributed by atoms with Crippen molar-refractivity contribution in [1.29, 1.82) is 0 Å². The number of hydrogen-bond acceptors (Lipinski definition) is 7. The van der Waals surface area contributed by atoms with Crippen molar-refractivity contribution in [3.8, 4) is 0 Å². The summed E-state index contributed by atoms with van der Waals surface area (Å²) in [7, 11) is 0. The van der Waals surface area contributed by atoms with E-state index in [0.717, 1.165) is 29.3 Å². The van der Waals surface area contributed by atoms with Crippen molar-refractivity contribution in [3.63, 3.8) is 0 Å². The van der Waals surface area contributed by atoms with Crippen LogP contribution in [0.5, 0.6) is 0 Å². The maximum atomic E-state index is 12.4. The molecule has 0 fully saturated rings. The van der Waals surface area contributed by atoms with E-state index in [9.17, 15) is 18.0 Å². The Bertz CT molecular complexity index is 885. The quantitative estimate of drug-likeness (QED) is 0.763. The SMILES string of the molecule is Cc1nc2c(c(NC(C)C)n1)CCN(C(=O)c1ccno1)CC2.O=C(O)C(F)(F)F. The third kappa shape index (κ3) is 6.16. The number of nitrogens with zero attached hydrogens (tertiary/aromatic N) is 4. The fraction of sp³-hybridized carbons (Fsp3) is 0.500. The summed E-state index contributed by atoms with van der Waals surface area (Å²) < 4.78 is 36.7. The van der Waals surface area contributed by atoms with Crippen LogP contribution in [0.2, 0.25) is 0 Å². The molecule has 0 aliphatic carbocycles. The molecule has 2 aromatic rings. The second-order valence-electron chi connectivity index (χ2n) is 6.82. The first-order valence-corrected chi connectivity index (χ1v) is 9.12. The van der Waals surface area contributed by atoms with Crippen molar-refractivity contribution >= 4 is 17.7 Å². The molecule has 2 N–H and O–H groups in total. The van der Waals surface area contributed by atoms with Gasteiger partial charge in [0, 0.05) is 37.2 Å². The summed E-state index contributed by atoms with van der Waals surface area (Å²) >= 11 is 0. The van der Waals surface area contributed by atoms with Crippen molar-refractivity contribution in [2.75, 3.05) is 18.4 Å². The maximum absolute atomic E-state index is 12.4. The van der Waals surface area contributed by atoms with Crippen LogP contribution in [0.4, 0.5) is 19.0 Å². The minimum absolute atomic E-state index is 0.127. The Hall–Kier alpha value is -3.18. The van der Waals surface area contributed by atoms with Crippen molar-refractivity contribution in [2.24, 2.45) is 0 Å². The van der Waals surface area contributed by atoms with Crippen molar-refractivity contribution < 1.29 is 32.4 Å². The second kappa shape index (κ2) is 9.55. The number of rotatable bonds is 3. The lowest BCUT2D eigenvalue weighted by Gasteiger charge is -2.18. The zero-order chi connectivity index (χ0) is 22.5. The number of carboxylic acid groups (broad SMARTS) is 1. The van der Waals surface area contributed by atoms with Crippen LogP contribution >= 0.6 is 0 Å². The van der Waals surface area contributed by atoms with Gasteiger partial charge in [-0.3, -0.25) is 4.79 Å². The normalized spacial score (nSPS) is 13.8. The average Bonchev–Trinajstić information content (AvgIpc) is 3.08. The standard InChI is InChI=1S/C16H21N5O2.C2HF3O2/c1-10(2)18-15-12-5-8-21(16(22)14-4-7-17-23-14)9-6-13(12)19-11(3)20-15;3-2(4,5)1(6)7/h4,7,10H,5-6,8-9H2,1-3H3,(H,18,19,20);(H,6,7). The molecule has 0 atom stereocenters. The predicted molar refractivity (Wildman–Crippen MR) is 99.0 cm³/mol.